The molecule has 4 N–H and O–H groups in total. The van der Waals surface area contributed by atoms with E-state index in [2.05, 4.69) is 22.2 Å². The first-order valence-corrected chi connectivity index (χ1v) is 13.0. The first-order valence-electron chi connectivity index (χ1n) is 12.2. The predicted octanol–water partition coefficient (Wildman–Crippen LogP) is 4.54. The van der Waals surface area contributed by atoms with Gasteiger partial charge < -0.3 is 20.8 Å². The summed E-state index contributed by atoms with van der Waals surface area (Å²) in [6.45, 7) is 7.73. The van der Waals surface area contributed by atoms with E-state index < -0.39 is 17.7 Å². The Bertz CT molecular complexity index is 1530. The van der Waals surface area contributed by atoms with Crippen molar-refractivity contribution in [2.75, 3.05) is 10.6 Å². The molecule has 2 aliphatic rings. The fraction of sp³-hybridized carbons (Fsp3) is 0.333. The molecule has 2 saturated carbocycles. The zero-order chi connectivity index (χ0) is 25.9. The number of aromatic nitrogens is 4. The third kappa shape index (κ3) is 4.14. The van der Waals surface area contributed by atoms with E-state index in [0.29, 0.717) is 35.9 Å². The molecule has 1 aromatic carbocycles. The van der Waals surface area contributed by atoms with Crippen LogP contribution < -0.4 is 10.6 Å². The Kier molecular flexibility index (Phi) is 5.70. The molecule has 3 heterocycles. The highest BCUT2D eigenvalue weighted by Gasteiger charge is 2.68. The molecule has 2 fully saturated rings. The van der Waals surface area contributed by atoms with Gasteiger partial charge in [-0.25, -0.2) is 14.4 Å². The van der Waals surface area contributed by atoms with Gasteiger partial charge in [0.05, 0.1) is 39.4 Å². The number of anilines is 2. The van der Waals surface area contributed by atoms with Gasteiger partial charge in [0.2, 0.25) is 5.95 Å². The third-order valence-electron chi connectivity index (χ3n) is 7.40. The molecule has 5 unspecified atom stereocenters. The van der Waals surface area contributed by atoms with E-state index in [1.807, 2.05) is 26.0 Å². The van der Waals surface area contributed by atoms with Crippen LogP contribution in [0.15, 0.2) is 49.2 Å². The van der Waals surface area contributed by atoms with Gasteiger partial charge in [0.25, 0.3) is 0 Å². The fourth-order valence-electron chi connectivity index (χ4n) is 5.38. The molecule has 0 radical (unpaired) electrons. The summed E-state index contributed by atoms with van der Waals surface area (Å²) < 4.78 is 14.9. The molecule has 5 atom stereocenters. The van der Waals surface area contributed by atoms with Crippen molar-refractivity contribution in [2.45, 2.75) is 50.5 Å². The average molecular weight is 519 g/mol. The van der Waals surface area contributed by atoms with Crippen molar-refractivity contribution >= 4 is 33.3 Å². The number of aryl methyl sites for hydroxylation is 2. The van der Waals surface area contributed by atoms with Crippen LogP contribution in [0.1, 0.15) is 35.8 Å². The smallest absolute Gasteiger partial charge is 0.225 e. The van der Waals surface area contributed by atoms with Crippen LogP contribution in [0.3, 0.4) is 0 Å². The van der Waals surface area contributed by atoms with Crippen LogP contribution in [0.2, 0.25) is 0 Å². The number of nitrogens with zero attached hydrogens (tertiary/aromatic N) is 4. The Morgan fingerprint density at radius 1 is 1.22 bits per heavy atom. The summed E-state index contributed by atoms with van der Waals surface area (Å²) in [6.07, 6.45) is 3.87. The molecular formula is C27H27FN6O2S. The van der Waals surface area contributed by atoms with Crippen LogP contribution in [0, 0.1) is 25.6 Å². The zero-order valence-electron chi connectivity index (χ0n) is 20.4. The van der Waals surface area contributed by atoms with Crippen molar-refractivity contribution in [1.29, 1.82) is 0 Å². The number of fused-ring (bicyclic) bond motifs is 2. The second kappa shape index (κ2) is 8.83. The Hall–Kier alpha value is -3.47. The molecule has 0 saturated heterocycles. The van der Waals surface area contributed by atoms with E-state index in [0.717, 1.165) is 26.5 Å². The van der Waals surface area contributed by atoms with E-state index in [1.54, 1.807) is 29.7 Å². The topological polar surface area (TPSA) is 116 Å². The SMILES string of the molecule is C=CC(Nc1nc(C)c(-c2nc3c(C)nccc3s2)c(NC2CC3C(O)C3(O)C2)n1)c1cccc(F)c1. The molecule has 37 heavy (non-hydrogen) atoms. The van der Waals surface area contributed by atoms with Gasteiger partial charge in [-0.3, -0.25) is 4.98 Å². The highest BCUT2D eigenvalue weighted by Crippen LogP contribution is 2.56. The molecule has 0 bridgehead atoms. The number of hydrogen-bond acceptors (Lipinski definition) is 9. The fourth-order valence-corrected chi connectivity index (χ4v) is 6.49. The summed E-state index contributed by atoms with van der Waals surface area (Å²) in [5.41, 5.74) is 2.87. The first-order chi connectivity index (χ1) is 17.8. The first kappa shape index (κ1) is 23.9. The molecule has 0 aliphatic heterocycles. The molecule has 6 rings (SSSR count). The molecule has 0 spiro atoms. The number of pyridine rings is 1. The molecule has 0 amide bonds. The summed E-state index contributed by atoms with van der Waals surface area (Å²) >= 11 is 1.54. The van der Waals surface area contributed by atoms with Crippen LogP contribution in [-0.4, -0.2) is 47.9 Å². The van der Waals surface area contributed by atoms with E-state index >= 15 is 0 Å². The van der Waals surface area contributed by atoms with Crippen molar-refractivity contribution in [3.05, 3.63) is 72.0 Å². The number of thiazole rings is 1. The van der Waals surface area contributed by atoms with E-state index in [-0.39, 0.29) is 17.8 Å². The van der Waals surface area contributed by atoms with Crippen molar-refractivity contribution < 1.29 is 14.6 Å². The average Bonchev–Trinajstić information content (AvgIpc) is 3.20. The van der Waals surface area contributed by atoms with Gasteiger partial charge in [-0.2, -0.15) is 4.98 Å². The van der Waals surface area contributed by atoms with Crippen LogP contribution >= 0.6 is 11.3 Å². The number of halogens is 1. The van der Waals surface area contributed by atoms with E-state index in [4.69, 9.17) is 15.0 Å². The number of aliphatic hydroxyl groups is 2. The minimum absolute atomic E-state index is 0.0597. The van der Waals surface area contributed by atoms with Crippen LogP contribution in [-0.2, 0) is 0 Å². The van der Waals surface area contributed by atoms with Gasteiger partial charge >= 0.3 is 0 Å². The van der Waals surface area contributed by atoms with Crippen molar-refractivity contribution in [2.24, 2.45) is 5.92 Å². The zero-order valence-corrected chi connectivity index (χ0v) is 21.3. The summed E-state index contributed by atoms with van der Waals surface area (Å²) in [5, 5.41) is 28.1. The molecule has 190 valence electrons. The van der Waals surface area contributed by atoms with Gasteiger partial charge in [0.15, 0.2) is 0 Å². The van der Waals surface area contributed by atoms with Gasteiger partial charge in [-0.1, -0.05) is 18.2 Å². The predicted molar refractivity (Wildman–Crippen MR) is 142 cm³/mol. The monoisotopic (exact) mass is 518 g/mol. The second-order valence-corrected chi connectivity index (χ2v) is 10.9. The molecule has 3 aromatic heterocycles. The lowest BCUT2D eigenvalue weighted by Gasteiger charge is -2.22. The third-order valence-corrected chi connectivity index (χ3v) is 8.44. The van der Waals surface area contributed by atoms with Gasteiger partial charge in [-0.15, -0.1) is 17.9 Å². The maximum absolute atomic E-state index is 13.9. The van der Waals surface area contributed by atoms with Crippen LogP contribution in [0.5, 0.6) is 0 Å². The van der Waals surface area contributed by atoms with Crippen molar-refractivity contribution in [1.82, 2.24) is 19.9 Å². The van der Waals surface area contributed by atoms with Crippen molar-refractivity contribution in [3.8, 4) is 10.6 Å². The Balaban J connectivity index is 1.39. The lowest BCUT2D eigenvalue weighted by Crippen LogP contribution is -2.26. The number of benzene rings is 1. The van der Waals surface area contributed by atoms with Crippen LogP contribution in [0.25, 0.3) is 20.8 Å². The van der Waals surface area contributed by atoms with Gasteiger partial charge in [-0.05, 0) is 50.5 Å². The molecule has 8 nitrogen and oxygen atoms in total. The summed E-state index contributed by atoms with van der Waals surface area (Å²) in [5.74, 6) is 0.495. The second-order valence-electron chi connectivity index (χ2n) is 9.85. The quantitative estimate of drug-likeness (QED) is 0.264. The molecular weight excluding hydrogens is 491 g/mol. The maximum Gasteiger partial charge on any atom is 0.225 e. The standard InChI is InChI=1S/C27H27FN6O2S/c1-4-19(15-6-5-7-16(28)10-15)32-26-30-13(2)21(25-33-22-14(3)29-9-8-20(22)37-25)24(34-26)31-17-11-18-23(35)27(18,36)12-17/h4-10,17-19,23,35-36H,1,11-12H2,2-3H3,(H2,30,31,32,34). The summed E-state index contributed by atoms with van der Waals surface area (Å²) in [7, 11) is 0. The highest BCUT2D eigenvalue weighted by molar-refractivity contribution is 7.21. The maximum atomic E-state index is 13.9. The highest BCUT2D eigenvalue weighted by atomic mass is 32.1. The van der Waals surface area contributed by atoms with Crippen molar-refractivity contribution in [3.63, 3.8) is 0 Å². The minimum atomic E-state index is -1.02. The van der Waals surface area contributed by atoms with E-state index in [9.17, 15) is 14.6 Å². The van der Waals surface area contributed by atoms with Crippen LogP contribution in [0.4, 0.5) is 16.2 Å². The van der Waals surface area contributed by atoms with Gasteiger partial charge in [0.1, 0.15) is 22.2 Å². The Labute approximate surface area is 217 Å². The largest absolute Gasteiger partial charge is 0.390 e. The molecule has 4 aromatic rings. The summed E-state index contributed by atoms with van der Waals surface area (Å²) in [6, 6.07) is 7.80. The Morgan fingerprint density at radius 3 is 2.76 bits per heavy atom. The lowest BCUT2D eigenvalue weighted by molar-refractivity contribution is 0.0801. The molecule has 10 heteroatoms. The summed E-state index contributed by atoms with van der Waals surface area (Å²) in [4.78, 5) is 18.8. The van der Waals surface area contributed by atoms with E-state index in [1.165, 1.54) is 12.1 Å². The number of nitrogens with one attached hydrogen (secondary N) is 2. The molecule has 2 aliphatic carbocycles. The number of aliphatic hydroxyl groups excluding tert-OH is 1. The Morgan fingerprint density at radius 2 is 2.05 bits per heavy atom. The lowest BCUT2D eigenvalue weighted by atomic mass is 10.1. The number of rotatable bonds is 7. The number of hydrogen-bond donors (Lipinski definition) is 4. The van der Waals surface area contributed by atoms with Gasteiger partial charge in [0, 0.05) is 18.2 Å². The minimum Gasteiger partial charge on any atom is -0.390 e. The normalized spacial score (nSPS) is 25.1.